The van der Waals surface area contributed by atoms with E-state index < -0.39 is 0 Å². The van der Waals surface area contributed by atoms with Crippen molar-refractivity contribution in [2.24, 2.45) is 0 Å². The van der Waals surface area contributed by atoms with Crippen molar-refractivity contribution in [3.05, 3.63) is 29.5 Å². The number of fused-ring (bicyclic) bond motifs is 1. The molecule has 0 bridgehead atoms. The number of rotatable bonds is 0. The molecule has 0 spiro atoms. The van der Waals surface area contributed by atoms with Gasteiger partial charge in [0.15, 0.2) is 0 Å². The molecule has 2 aromatic rings. The van der Waals surface area contributed by atoms with Crippen LogP contribution in [0.2, 0.25) is 5.02 Å². The van der Waals surface area contributed by atoms with Crippen LogP contribution in [0.3, 0.4) is 0 Å². The number of aromatic nitrogens is 2. The number of hydrogen-bond donors (Lipinski definition) is 1. The van der Waals surface area contributed by atoms with Crippen LogP contribution >= 0.6 is 11.6 Å². The van der Waals surface area contributed by atoms with Gasteiger partial charge >= 0.3 is 0 Å². The maximum Gasteiger partial charge on any atom is 0.107 e. The average Bonchev–Trinajstić information content (AvgIpc) is 2.36. The summed E-state index contributed by atoms with van der Waals surface area (Å²) >= 11 is 5.78. The molecule has 10 heavy (non-hydrogen) atoms. The SMILES string of the molecule is Clc1c[c]cc2[nH]cnc12. The molecule has 0 aliphatic carbocycles. The van der Waals surface area contributed by atoms with Gasteiger partial charge in [-0.3, -0.25) is 0 Å². The van der Waals surface area contributed by atoms with Crippen LogP contribution in [0.15, 0.2) is 18.5 Å². The van der Waals surface area contributed by atoms with Crippen molar-refractivity contribution < 1.29 is 0 Å². The molecule has 49 valence electrons. The van der Waals surface area contributed by atoms with Gasteiger partial charge < -0.3 is 4.98 Å². The molecule has 0 amide bonds. The monoisotopic (exact) mass is 151 g/mol. The predicted molar refractivity (Wildman–Crippen MR) is 39.9 cm³/mol. The topological polar surface area (TPSA) is 28.7 Å². The summed E-state index contributed by atoms with van der Waals surface area (Å²) in [7, 11) is 0. The van der Waals surface area contributed by atoms with Gasteiger partial charge in [0, 0.05) is 0 Å². The van der Waals surface area contributed by atoms with Crippen LogP contribution in [0.1, 0.15) is 0 Å². The zero-order chi connectivity index (χ0) is 6.97. The van der Waals surface area contributed by atoms with Crippen LogP contribution in [0, 0.1) is 6.07 Å². The molecule has 0 unspecified atom stereocenters. The van der Waals surface area contributed by atoms with Gasteiger partial charge in [0.25, 0.3) is 0 Å². The number of aromatic amines is 1. The van der Waals surface area contributed by atoms with Gasteiger partial charge in [-0.2, -0.15) is 0 Å². The van der Waals surface area contributed by atoms with Crippen molar-refractivity contribution in [1.29, 1.82) is 0 Å². The number of nitrogens with zero attached hydrogens (tertiary/aromatic N) is 1. The average molecular weight is 152 g/mol. The maximum atomic E-state index is 5.78. The first-order valence-corrected chi connectivity index (χ1v) is 3.24. The van der Waals surface area contributed by atoms with Crippen LogP contribution in [-0.4, -0.2) is 9.97 Å². The molecule has 1 aromatic heterocycles. The summed E-state index contributed by atoms with van der Waals surface area (Å²) in [5.74, 6) is 0. The highest BCUT2D eigenvalue weighted by Crippen LogP contribution is 2.18. The quantitative estimate of drug-likeness (QED) is 0.613. The highest BCUT2D eigenvalue weighted by molar-refractivity contribution is 6.34. The Labute approximate surface area is 62.8 Å². The normalized spacial score (nSPS) is 10.5. The van der Waals surface area contributed by atoms with Crippen molar-refractivity contribution in [2.45, 2.75) is 0 Å². The van der Waals surface area contributed by atoms with Crippen LogP contribution in [0.4, 0.5) is 0 Å². The number of imidazole rings is 1. The van der Waals surface area contributed by atoms with E-state index in [1.54, 1.807) is 12.4 Å². The first kappa shape index (κ1) is 5.74. The third-order valence-corrected chi connectivity index (χ3v) is 1.62. The molecule has 3 heteroatoms. The van der Waals surface area contributed by atoms with E-state index in [4.69, 9.17) is 11.6 Å². The smallest absolute Gasteiger partial charge is 0.107 e. The molecule has 1 N–H and O–H groups in total. The maximum absolute atomic E-state index is 5.78. The third-order valence-electron chi connectivity index (χ3n) is 1.33. The Morgan fingerprint density at radius 3 is 3.20 bits per heavy atom. The van der Waals surface area contributed by atoms with Gasteiger partial charge in [-0.1, -0.05) is 11.6 Å². The minimum absolute atomic E-state index is 0.638. The van der Waals surface area contributed by atoms with E-state index in [1.807, 2.05) is 6.07 Å². The van der Waals surface area contributed by atoms with E-state index >= 15 is 0 Å². The minimum atomic E-state index is 0.638. The second kappa shape index (κ2) is 1.99. The van der Waals surface area contributed by atoms with Gasteiger partial charge in [-0.05, 0) is 18.2 Å². The first-order chi connectivity index (χ1) is 4.88. The first-order valence-electron chi connectivity index (χ1n) is 2.86. The number of H-pyrrole nitrogens is 1. The number of halogens is 1. The molecule has 0 saturated heterocycles. The zero-order valence-corrected chi connectivity index (χ0v) is 5.81. The summed E-state index contributed by atoms with van der Waals surface area (Å²) in [4.78, 5) is 6.94. The van der Waals surface area contributed by atoms with Crippen LogP contribution in [-0.2, 0) is 0 Å². The highest BCUT2D eigenvalue weighted by atomic mass is 35.5. The molecular formula is C7H4ClN2. The standard InChI is InChI=1S/C7H4ClN2/c8-5-2-1-3-6-7(5)10-4-9-6/h2-4H,(H,9,10). The lowest BCUT2D eigenvalue weighted by atomic mass is 10.3. The van der Waals surface area contributed by atoms with E-state index in [1.165, 1.54) is 0 Å². The number of benzene rings is 1. The summed E-state index contributed by atoms with van der Waals surface area (Å²) in [5.41, 5.74) is 1.73. The molecule has 0 aliphatic rings. The van der Waals surface area contributed by atoms with E-state index in [2.05, 4.69) is 16.0 Å². The fraction of sp³-hybridized carbons (Fsp3) is 0. The Hall–Kier alpha value is -1.02. The summed E-state index contributed by atoms with van der Waals surface area (Å²) in [6, 6.07) is 6.40. The highest BCUT2D eigenvalue weighted by Gasteiger charge is 1.97. The second-order valence-corrected chi connectivity index (χ2v) is 2.38. The van der Waals surface area contributed by atoms with Crippen molar-refractivity contribution in [3.8, 4) is 0 Å². The Morgan fingerprint density at radius 2 is 2.40 bits per heavy atom. The fourth-order valence-corrected chi connectivity index (χ4v) is 1.08. The van der Waals surface area contributed by atoms with Gasteiger partial charge in [0.05, 0.1) is 16.9 Å². The zero-order valence-electron chi connectivity index (χ0n) is 5.06. The molecule has 1 aromatic carbocycles. The summed E-state index contributed by atoms with van der Waals surface area (Å²) in [6.45, 7) is 0. The number of nitrogens with one attached hydrogen (secondary N) is 1. The minimum Gasteiger partial charge on any atom is -0.345 e. The molecule has 2 rings (SSSR count). The van der Waals surface area contributed by atoms with Crippen molar-refractivity contribution in [2.75, 3.05) is 0 Å². The summed E-state index contributed by atoms with van der Waals surface area (Å²) in [6.07, 6.45) is 1.62. The second-order valence-electron chi connectivity index (χ2n) is 1.97. The van der Waals surface area contributed by atoms with Crippen molar-refractivity contribution >= 4 is 22.6 Å². The Bertz CT molecular complexity index is 353. The van der Waals surface area contributed by atoms with E-state index in [0.717, 1.165) is 11.0 Å². The van der Waals surface area contributed by atoms with E-state index in [-0.39, 0.29) is 0 Å². The Balaban J connectivity index is 2.95. The van der Waals surface area contributed by atoms with Gasteiger partial charge in [0.1, 0.15) is 5.52 Å². The van der Waals surface area contributed by atoms with E-state index in [0.29, 0.717) is 5.02 Å². The summed E-state index contributed by atoms with van der Waals surface area (Å²) in [5, 5.41) is 0.638. The van der Waals surface area contributed by atoms with Gasteiger partial charge in [0.2, 0.25) is 0 Å². The molecule has 0 fully saturated rings. The molecular weight excluding hydrogens is 148 g/mol. The lowest BCUT2D eigenvalue weighted by molar-refractivity contribution is 1.34. The van der Waals surface area contributed by atoms with Crippen molar-refractivity contribution in [3.63, 3.8) is 0 Å². The summed E-state index contributed by atoms with van der Waals surface area (Å²) < 4.78 is 0. The molecule has 0 aliphatic heterocycles. The lowest BCUT2D eigenvalue weighted by Crippen LogP contribution is -1.69. The van der Waals surface area contributed by atoms with E-state index in [9.17, 15) is 0 Å². The van der Waals surface area contributed by atoms with Crippen LogP contribution in [0.5, 0.6) is 0 Å². The third kappa shape index (κ3) is 0.693. The largest absolute Gasteiger partial charge is 0.345 e. The van der Waals surface area contributed by atoms with Crippen molar-refractivity contribution in [1.82, 2.24) is 9.97 Å². The Morgan fingerprint density at radius 1 is 1.50 bits per heavy atom. The van der Waals surface area contributed by atoms with Gasteiger partial charge in [-0.25, -0.2) is 4.98 Å². The van der Waals surface area contributed by atoms with Gasteiger partial charge in [-0.15, -0.1) is 0 Å². The lowest BCUT2D eigenvalue weighted by Gasteiger charge is -1.87. The van der Waals surface area contributed by atoms with Crippen LogP contribution in [0.25, 0.3) is 11.0 Å². The Kier molecular flexibility index (Phi) is 1.14. The van der Waals surface area contributed by atoms with Crippen LogP contribution < -0.4 is 0 Å². The molecule has 1 radical (unpaired) electrons. The predicted octanol–water partition coefficient (Wildman–Crippen LogP) is 2.02. The number of hydrogen-bond acceptors (Lipinski definition) is 1. The molecule has 0 atom stereocenters. The fourth-order valence-electron chi connectivity index (χ4n) is 0.871. The molecule has 0 saturated carbocycles. The molecule has 1 heterocycles. The molecule has 2 nitrogen and oxygen atoms in total.